The summed E-state index contributed by atoms with van der Waals surface area (Å²) < 4.78 is 6.78. The van der Waals surface area contributed by atoms with Crippen molar-refractivity contribution >= 4 is 90.5 Å². The van der Waals surface area contributed by atoms with Gasteiger partial charge in [-0.25, -0.2) is 0 Å². The summed E-state index contributed by atoms with van der Waals surface area (Å²) in [6.07, 6.45) is 6.88. The first-order valence-electron chi connectivity index (χ1n) is 32.9. The summed E-state index contributed by atoms with van der Waals surface area (Å²) in [5.74, 6) is 0. The summed E-state index contributed by atoms with van der Waals surface area (Å²) in [5, 5.41) is 2.30. The minimum atomic E-state index is -0.208. The van der Waals surface area contributed by atoms with Crippen LogP contribution in [-0.2, 0) is 27.1 Å². The summed E-state index contributed by atoms with van der Waals surface area (Å²) in [5.41, 5.74) is 29.7. The summed E-state index contributed by atoms with van der Waals surface area (Å²) in [6.45, 7) is 29.0. The molecular formula is C84H82BN3O. The first-order chi connectivity index (χ1) is 42.6. The van der Waals surface area contributed by atoms with Crippen LogP contribution in [0.25, 0.3) is 55.3 Å². The molecule has 1 fully saturated rings. The van der Waals surface area contributed by atoms with Crippen molar-refractivity contribution in [3.63, 3.8) is 0 Å². The lowest BCUT2D eigenvalue weighted by Crippen LogP contribution is -2.64. The fourth-order valence-electron chi connectivity index (χ4n) is 17.0. The lowest BCUT2D eigenvalue weighted by molar-refractivity contribution is 0.195. The maximum absolute atomic E-state index is 6.78. The zero-order valence-corrected chi connectivity index (χ0v) is 54.2. The van der Waals surface area contributed by atoms with Crippen molar-refractivity contribution < 1.29 is 4.42 Å². The number of furan rings is 1. The third-order valence-corrected chi connectivity index (χ3v) is 22.4. The lowest BCUT2D eigenvalue weighted by atomic mass is 9.33. The molecule has 442 valence electrons. The predicted molar refractivity (Wildman–Crippen MR) is 380 cm³/mol. The van der Waals surface area contributed by atoms with Crippen molar-refractivity contribution in [3.05, 3.63) is 234 Å². The van der Waals surface area contributed by atoms with E-state index in [9.17, 15) is 0 Å². The van der Waals surface area contributed by atoms with E-state index in [-0.39, 0.29) is 39.3 Å². The molecule has 0 radical (unpaired) electrons. The maximum atomic E-state index is 6.78. The Bertz CT molecular complexity index is 4620. The molecule has 16 rings (SSSR count). The van der Waals surface area contributed by atoms with Crippen molar-refractivity contribution in [1.82, 2.24) is 0 Å². The zero-order valence-electron chi connectivity index (χ0n) is 54.2. The number of benzene rings is 10. The standard InChI is InChI=1S/C84H82BN3O/c1-79(2,3)57-32-36-59(37-33-57)86(60-38-34-58(35-39-60)80(4,5)6)61-40-41-68-71(50-61)87(70-52-66-65(81(7,8)44-45-82(66,9)10)51-64(70)54-26-17-14-18-27-54)72-48-56(62-29-23-31-75-76(62)63-28-19-20-30-74(63)89-75)49-73-77(72)85(68)69-47-55(53-24-15-13-16-25-53)46-67-78(69)88(73)84(12)43-22-21-42-83(67,84)11/h13-20,23-41,46-52H,21-22,42-45H2,1-12H3. The topological polar surface area (TPSA) is 22.9 Å². The fraction of sp³-hybridized carbons (Fsp3) is 0.286. The molecule has 3 aliphatic heterocycles. The van der Waals surface area contributed by atoms with Crippen molar-refractivity contribution in [1.29, 1.82) is 0 Å². The Morgan fingerprint density at radius 1 is 0.427 bits per heavy atom. The van der Waals surface area contributed by atoms with E-state index in [1.54, 1.807) is 0 Å². The second-order valence-corrected chi connectivity index (χ2v) is 30.7. The van der Waals surface area contributed by atoms with E-state index in [4.69, 9.17) is 4.42 Å². The van der Waals surface area contributed by atoms with Gasteiger partial charge in [0.2, 0.25) is 0 Å². The van der Waals surface area contributed by atoms with Crippen LogP contribution in [0, 0.1) is 0 Å². The van der Waals surface area contributed by atoms with Crippen LogP contribution in [0.3, 0.4) is 0 Å². The molecule has 5 heteroatoms. The van der Waals surface area contributed by atoms with Crippen molar-refractivity contribution in [2.45, 2.75) is 154 Å². The molecule has 89 heavy (non-hydrogen) atoms. The Morgan fingerprint density at radius 2 is 1.01 bits per heavy atom. The third kappa shape index (κ3) is 8.39. The molecule has 0 saturated heterocycles. The van der Waals surface area contributed by atoms with Gasteiger partial charge < -0.3 is 19.1 Å². The van der Waals surface area contributed by atoms with Gasteiger partial charge in [-0.3, -0.25) is 0 Å². The molecule has 4 nitrogen and oxygen atoms in total. The number of hydrogen-bond donors (Lipinski definition) is 0. The van der Waals surface area contributed by atoms with Crippen LogP contribution in [0.2, 0.25) is 0 Å². The number of nitrogens with zero attached hydrogens (tertiary/aromatic N) is 3. The van der Waals surface area contributed by atoms with Gasteiger partial charge in [0.15, 0.2) is 0 Å². The monoisotopic (exact) mass is 1160 g/mol. The van der Waals surface area contributed by atoms with Crippen molar-refractivity contribution in [2.24, 2.45) is 0 Å². The van der Waals surface area contributed by atoms with E-state index < -0.39 is 0 Å². The van der Waals surface area contributed by atoms with E-state index in [0.29, 0.717) is 0 Å². The summed E-state index contributed by atoms with van der Waals surface area (Å²) in [6, 6.07) is 79.9. The molecule has 1 saturated carbocycles. The van der Waals surface area contributed by atoms with Crippen molar-refractivity contribution in [3.8, 4) is 33.4 Å². The first kappa shape index (κ1) is 55.8. The summed E-state index contributed by atoms with van der Waals surface area (Å²) in [7, 11) is 0. The predicted octanol–water partition coefficient (Wildman–Crippen LogP) is 21.4. The van der Waals surface area contributed by atoms with E-state index in [1.807, 2.05) is 0 Å². The fourth-order valence-corrected chi connectivity index (χ4v) is 17.0. The van der Waals surface area contributed by atoms with Crippen LogP contribution in [0.4, 0.5) is 45.5 Å². The van der Waals surface area contributed by atoms with Gasteiger partial charge in [0.25, 0.3) is 6.71 Å². The van der Waals surface area contributed by atoms with Gasteiger partial charge in [-0.15, -0.1) is 0 Å². The third-order valence-electron chi connectivity index (χ3n) is 22.4. The van der Waals surface area contributed by atoms with Gasteiger partial charge >= 0.3 is 0 Å². The van der Waals surface area contributed by atoms with Gasteiger partial charge in [0, 0.05) is 61.6 Å². The van der Waals surface area contributed by atoms with E-state index >= 15 is 0 Å². The molecule has 1 aromatic heterocycles. The minimum absolute atomic E-state index is 0.000672. The number of rotatable bonds is 7. The molecule has 0 bridgehead atoms. The second kappa shape index (κ2) is 19.5. The number of hydrogen-bond acceptors (Lipinski definition) is 4. The molecule has 0 amide bonds. The minimum Gasteiger partial charge on any atom is -0.456 e. The Morgan fingerprint density at radius 3 is 1.67 bits per heavy atom. The average Bonchev–Trinajstić information content (AvgIpc) is 1.58. The molecule has 4 heterocycles. The van der Waals surface area contributed by atoms with Crippen LogP contribution < -0.4 is 31.1 Å². The van der Waals surface area contributed by atoms with Crippen LogP contribution in [0.1, 0.15) is 149 Å². The highest BCUT2D eigenvalue weighted by atomic mass is 16.3. The SMILES string of the molecule is CC(C)(C)c1ccc(N(c2ccc(C(C)(C)C)cc2)c2ccc3c(c2)N(c2cc4c(cc2-c2ccccc2)C(C)(C)CCC4(C)C)c2cc(-c4cccc5oc6ccccc6c45)cc4c2B3c2cc(-c3ccccc3)cc3c2N4C2(C)CCCCC32C)cc1. The number of para-hydroxylation sites is 1. The Hall–Kier alpha value is -8.54. The second-order valence-electron chi connectivity index (χ2n) is 30.7. The lowest BCUT2D eigenvalue weighted by Gasteiger charge is -2.53. The normalized spacial score (nSPS) is 19.4. The van der Waals surface area contributed by atoms with E-state index in [0.717, 1.165) is 64.7 Å². The van der Waals surface area contributed by atoms with Gasteiger partial charge in [-0.2, -0.15) is 0 Å². The smallest absolute Gasteiger partial charge is 0.252 e. The van der Waals surface area contributed by atoms with Gasteiger partial charge in [0.05, 0.1) is 11.2 Å². The van der Waals surface area contributed by atoms with E-state index in [1.165, 1.54) is 119 Å². The molecule has 11 aromatic rings. The molecule has 2 unspecified atom stereocenters. The molecule has 0 N–H and O–H groups in total. The molecule has 5 aliphatic rings. The van der Waals surface area contributed by atoms with Crippen LogP contribution in [0.5, 0.6) is 0 Å². The highest BCUT2D eigenvalue weighted by Crippen LogP contribution is 2.63. The highest BCUT2D eigenvalue weighted by molar-refractivity contribution is 7.00. The quantitative estimate of drug-likeness (QED) is 0.148. The Kier molecular flexibility index (Phi) is 12.2. The Labute approximate surface area is 528 Å². The highest BCUT2D eigenvalue weighted by Gasteiger charge is 2.62. The molecule has 0 spiro atoms. The molecule has 10 aromatic carbocycles. The van der Waals surface area contributed by atoms with Crippen molar-refractivity contribution in [2.75, 3.05) is 14.7 Å². The molecule has 2 atom stereocenters. The van der Waals surface area contributed by atoms with Gasteiger partial charge in [0.1, 0.15) is 11.2 Å². The summed E-state index contributed by atoms with van der Waals surface area (Å²) >= 11 is 0. The molecule has 2 aliphatic carbocycles. The number of anilines is 8. The van der Waals surface area contributed by atoms with Gasteiger partial charge in [-0.05, 0) is 205 Å². The van der Waals surface area contributed by atoms with Gasteiger partial charge in [-0.1, -0.05) is 216 Å². The van der Waals surface area contributed by atoms with Crippen LogP contribution in [-0.4, -0.2) is 12.3 Å². The zero-order chi connectivity index (χ0) is 61.3. The van der Waals surface area contributed by atoms with Crippen LogP contribution >= 0.6 is 0 Å². The largest absolute Gasteiger partial charge is 0.456 e. The average molecular weight is 1160 g/mol. The van der Waals surface area contributed by atoms with E-state index in [2.05, 4.69) is 304 Å². The molecular weight excluding hydrogens is 1080 g/mol. The number of fused-ring (bicyclic) bond motifs is 11. The van der Waals surface area contributed by atoms with Crippen LogP contribution in [0.15, 0.2) is 211 Å². The maximum Gasteiger partial charge on any atom is 0.252 e. The summed E-state index contributed by atoms with van der Waals surface area (Å²) in [4.78, 5) is 8.19. The first-order valence-corrected chi connectivity index (χ1v) is 32.9. The Balaban J connectivity index is 1.07.